The summed E-state index contributed by atoms with van der Waals surface area (Å²) in [5.74, 6) is 0.785. The first-order valence-electron chi connectivity index (χ1n) is 7.49. The van der Waals surface area contributed by atoms with Crippen molar-refractivity contribution in [2.75, 3.05) is 13.1 Å². The zero-order chi connectivity index (χ0) is 12.8. The monoisotopic (exact) mass is 243 g/mol. The molecule has 1 heteroatoms. The van der Waals surface area contributed by atoms with Gasteiger partial charge in [0.25, 0.3) is 0 Å². The Hall–Kier alpha value is -0.820. The fourth-order valence-electron chi connectivity index (χ4n) is 4.24. The van der Waals surface area contributed by atoms with E-state index < -0.39 is 0 Å². The van der Waals surface area contributed by atoms with E-state index in [1.165, 1.54) is 32.4 Å². The number of hydrogen-bond acceptors (Lipinski definition) is 1. The quantitative estimate of drug-likeness (QED) is 0.767. The summed E-state index contributed by atoms with van der Waals surface area (Å²) in [5.41, 5.74) is 3.64. The third-order valence-corrected chi connectivity index (χ3v) is 5.54. The lowest BCUT2D eigenvalue weighted by Crippen LogP contribution is -2.57. The van der Waals surface area contributed by atoms with Crippen molar-refractivity contribution in [3.8, 4) is 0 Å². The molecule has 1 heterocycles. The van der Waals surface area contributed by atoms with Gasteiger partial charge in [-0.2, -0.15) is 0 Å². The van der Waals surface area contributed by atoms with E-state index in [4.69, 9.17) is 0 Å². The second kappa shape index (κ2) is 4.38. The molecule has 1 fully saturated rings. The first-order chi connectivity index (χ1) is 8.66. The van der Waals surface area contributed by atoms with Crippen molar-refractivity contribution >= 4 is 0 Å². The standard InChI is InChI=1S/C17H25N/c1-4-10-18-11-9-17(3)13(2)16(18)12-14-7-5-6-8-15(14)17/h5-8,13,16H,4,9-12H2,1-3H3/t13-,16?,17-/m0/s1. The molecule has 1 aliphatic heterocycles. The Kier molecular flexibility index (Phi) is 2.97. The first kappa shape index (κ1) is 12.2. The van der Waals surface area contributed by atoms with Gasteiger partial charge in [0.1, 0.15) is 0 Å². The lowest BCUT2D eigenvalue weighted by atomic mass is 9.59. The minimum absolute atomic E-state index is 0.406. The van der Waals surface area contributed by atoms with Crippen molar-refractivity contribution in [2.45, 2.75) is 51.5 Å². The molecule has 1 aromatic rings. The van der Waals surface area contributed by atoms with E-state index in [-0.39, 0.29) is 0 Å². The maximum absolute atomic E-state index is 2.74. The van der Waals surface area contributed by atoms with Crippen LogP contribution in [0.15, 0.2) is 24.3 Å². The van der Waals surface area contributed by atoms with Crippen LogP contribution in [0, 0.1) is 5.92 Å². The minimum atomic E-state index is 0.406. The molecule has 3 atom stereocenters. The molecule has 0 spiro atoms. The van der Waals surface area contributed by atoms with Crippen molar-refractivity contribution in [3.05, 3.63) is 35.4 Å². The molecule has 2 aliphatic rings. The summed E-state index contributed by atoms with van der Waals surface area (Å²) in [6, 6.07) is 9.91. The Labute approximate surface area is 111 Å². The largest absolute Gasteiger partial charge is 0.300 e. The van der Waals surface area contributed by atoms with Gasteiger partial charge in [0, 0.05) is 6.04 Å². The summed E-state index contributed by atoms with van der Waals surface area (Å²) in [7, 11) is 0. The van der Waals surface area contributed by atoms with E-state index in [1.54, 1.807) is 11.1 Å². The average molecular weight is 243 g/mol. The van der Waals surface area contributed by atoms with Gasteiger partial charge in [-0.3, -0.25) is 4.90 Å². The van der Waals surface area contributed by atoms with E-state index in [0.717, 1.165) is 12.0 Å². The fourth-order valence-corrected chi connectivity index (χ4v) is 4.24. The van der Waals surface area contributed by atoms with E-state index in [9.17, 15) is 0 Å². The van der Waals surface area contributed by atoms with Gasteiger partial charge in [0.2, 0.25) is 0 Å². The third-order valence-electron chi connectivity index (χ3n) is 5.54. The van der Waals surface area contributed by atoms with Crippen molar-refractivity contribution in [3.63, 3.8) is 0 Å². The van der Waals surface area contributed by atoms with E-state index in [1.807, 2.05) is 0 Å². The molecule has 3 rings (SSSR count). The van der Waals surface area contributed by atoms with Crippen LogP contribution in [0.25, 0.3) is 0 Å². The van der Waals surface area contributed by atoms with Crippen LogP contribution < -0.4 is 0 Å². The lowest BCUT2D eigenvalue weighted by Gasteiger charge is -2.54. The molecule has 0 aromatic heterocycles. The van der Waals surface area contributed by atoms with Gasteiger partial charge in [-0.15, -0.1) is 0 Å². The second-order valence-corrected chi connectivity index (χ2v) is 6.42. The topological polar surface area (TPSA) is 3.24 Å². The Morgan fingerprint density at radius 3 is 2.89 bits per heavy atom. The van der Waals surface area contributed by atoms with Crippen LogP contribution >= 0.6 is 0 Å². The molecule has 0 radical (unpaired) electrons. The maximum Gasteiger partial charge on any atom is 0.0170 e. The maximum atomic E-state index is 2.74. The Morgan fingerprint density at radius 2 is 2.11 bits per heavy atom. The second-order valence-electron chi connectivity index (χ2n) is 6.42. The number of piperidine rings is 1. The number of nitrogens with zero attached hydrogens (tertiary/aromatic N) is 1. The number of fused-ring (bicyclic) bond motifs is 4. The molecule has 1 aromatic carbocycles. The smallest absolute Gasteiger partial charge is 0.0170 e. The van der Waals surface area contributed by atoms with Crippen LogP contribution in [0.5, 0.6) is 0 Å². The molecule has 18 heavy (non-hydrogen) atoms. The van der Waals surface area contributed by atoms with Crippen LogP contribution in [0.3, 0.4) is 0 Å². The van der Waals surface area contributed by atoms with Crippen LogP contribution in [-0.2, 0) is 11.8 Å². The Morgan fingerprint density at radius 1 is 1.33 bits per heavy atom. The highest BCUT2D eigenvalue weighted by Crippen LogP contribution is 2.48. The number of benzene rings is 1. The van der Waals surface area contributed by atoms with Gasteiger partial charge in [0.05, 0.1) is 0 Å². The Bertz CT molecular complexity index is 439. The van der Waals surface area contributed by atoms with Gasteiger partial charge in [0.15, 0.2) is 0 Å². The van der Waals surface area contributed by atoms with Crippen LogP contribution in [0.1, 0.15) is 44.7 Å². The molecular weight excluding hydrogens is 218 g/mol. The predicted octanol–water partition coefficient (Wildman–Crippen LogP) is 3.62. The minimum Gasteiger partial charge on any atom is -0.300 e. The summed E-state index contributed by atoms with van der Waals surface area (Å²) >= 11 is 0. The molecule has 1 aliphatic carbocycles. The lowest BCUT2D eigenvalue weighted by molar-refractivity contribution is 0.0316. The number of likely N-dealkylation sites (tertiary alicyclic amines) is 1. The SMILES string of the molecule is CCCN1CC[C@]2(C)c3ccccc3CC1[C@@H]2C. The van der Waals surface area contributed by atoms with Gasteiger partial charge in [-0.1, -0.05) is 45.0 Å². The van der Waals surface area contributed by atoms with Gasteiger partial charge in [-0.25, -0.2) is 0 Å². The van der Waals surface area contributed by atoms with E-state index in [2.05, 4.69) is 49.9 Å². The molecule has 98 valence electrons. The first-order valence-corrected chi connectivity index (χ1v) is 7.49. The molecule has 1 saturated heterocycles. The number of rotatable bonds is 2. The highest BCUT2D eigenvalue weighted by molar-refractivity contribution is 5.39. The highest BCUT2D eigenvalue weighted by Gasteiger charge is 2.47. The van der Waals surface area contributed by atoms with E-state index in [0.29, 0.717) is 5.41 Å². The fraction of sp³-hybridized carbons (Fsp3) is 0.647. The summed E-state index contributed by atoms with van der Waals surface area (Å²) in [6.07, 6.45) is 3.86. The zero-order valence-corrected chi connectivity index (χ0v) is 11.9. The number of hydrogen-bond donors (Lipinski definition) is 0. The molecule has 0 N–H and O–H groups in total. The summed E-state index contributed by atoms with van der Waals surface area (Å²) in [5, 5.41) is 0. The summed E-state index contributed by atoms with van der Waals surface area (Å²) < 4.78 is 0. The summed E-state index contributed by atoms with van der Waals surface area (Å²) in [4.78, 5) is 2.74. The Balaban J connectivity index is 2.02. The van der Waals surface area contributed by atoms with Crippen molar-refractivity contribution in [2.24, 2.45) is 5.92 Å². The predicted molar refractivity (Wildman–Crippen MR) is 76.9 cm³/mol. The van der Waals surface area contributed by atoms with Crippen molar-refractivity contribution < 1.29 is 0 Å². The average Bonchev–Trinajstić information content (AvgIpc) is 2.37. The van der Waals surface area contributed by atoms with Crippen LogP contribution in [0.2, 0.25) is 0 Å². The summed E-state index contributed by atoms with van der Waals surface area (Å²) in [6.45, 7) is 9.82. The third kappa shape index (κ3) is 1.64. The molecule has 1 unspecified atom stereocenters. The molecular formula is C17H25N. The highest BCUT2D eigenvalue weighted by atomic mass is 15.2. The molecule has 0 amide bonds. The van der Waals surface area contributed by atoms with Crippen molar-refractivity contribution in [1.29, 1.82) is 0 Å². The van der Waals surface area contributed by atoms with Crippen LogP contribution in [-0.4, -0.2) is 24.0 Å². The van der Waals surface area contributed by atoms with Crippen molar-refractivity contribution in [1.82, 2.24) is 4.90 Å². The zero-order valence-electron chi connectivity index (χ0n) is 11.9. The van der Waals surface area contributed by atoms with Gasteiger partial charge >= 0.3 is 0 Å². The normalized spacial score (nSPS) is 35.3. The van der Waals surface area contributed by atoms with Crippen LogP contribution in [0.4, 0.5) is 0 Å². The van der Waals surface area contributed by atoms with Gasteiger partial charge < -0.3 is 0 Å². The molecule has 2 bridgehead atoms. The molecule has 0 saturated carbocycles. The van der Waals surface area contributed by atoms with E-state index >= 15 is 0 Å². The molecule has 1 nitrogen and oxygen atoms in total. The van der Waals surface area contributed by atoms with Gasteiger partial charge in [-0.05, 0) is 54.8 Å².